The molecule has 1 atom stereocenters. The van der Waals surface area contributed by atoms with Gasteiger partial charge in [-0.1, -0.05) is 29.8 Å². The topological polar surface area (TPSA) is 29.1 Å². The number of amides is 1. The Balaban J connectivity index is 2.01. The summed E-state index contributed by atoms with van der Waals surface area (Å²) in [6.07, 6.45) is 0. The van der Waals surface area contributed by atoms with Crippen molar-refractivity contribution in [3.05, 3.63) is 59.4 Å². The highest BCUT2D eigenvalue weighted by Crippen LogP contribution is 2.26. The summed E-state index contributed by atoms with van der Waals surface area (Å²) in [5.41, 5.74) is 0.415. The molecule has 0 heterocycles. The molecule has 0 saturated heterocycles. The molecular formula is C15H13ClFNOS. The van der Waals surface area contributed by atoms with Gasteiger partial charge >= 0.3 is 0 Å². The van der Waals surface area contributed by atoms with E-state index < -0.39 is 5.82 Å². The Hall–Kier alpha value is -1.52. The molecule has 2 aromatic rings. The first kappa shape index (κ1) is 14.9. The number of thioether (sulfide) groups is 1. The maximum atomic E-state index is 12.9. The molecule has 104 valence electrons. The highest BCUT2D eigenvalue weighted by Gasteiger charge is 2.15. The Labute approximate surface area is 126 Å². The van der Waals surface area contributed by atoms with Gasteiger partial charge in [-0.15, -0.1) is 11.8 Å². The Bertz CT molecular complexity index is 606. The molecule has 0 saturated carbocycles. The normalized spacial score (nSPS) is 11.9. The van der Waals surface area contributed by atoms with Gasteiger partial charge in [0.2, 0.25) is 5.91 Å². The van der Waals surface area contributed by atoms with E-state index in [9.17, 15) is 9.18 Å². The number of nitrogens with one attached hydrogen (secondary N) is 1. The number of hydrogen-bond acceptors (Lipinski definition) is 2. The number of halogens is 2. The number of carbonyl (C=O) groups excluding carboxylic acids is 1. The molecule has 20 heavy (non-hydrogen) atoms. The predicted molar refractivity (Wildman–Crippen MR) is 81.8 cm³/mol. The average molecular weight is 310 g/mol. The molecule has 0 aromatic heterocycles. The molecule has 1 N–H and O–H groups in total. The van der Waals surface area contributed by atoms with Gasteiger partial charge < -0.3 is 5.32 Å². The number of rotatable bonds is 4. The number of carbonyl (C=O) groups is 1. The van der Waals surface area contributed by atoms with E-state index in [4.69, 9.17) is 11.6 Å². The quantitative estimate of drug-likeness (QED) is 0.836. The van der Waals surface area contributed by atoms with Gasteiger partial charge in [0.05, 0.1) is 16.0 Å². The third-order valence-electron chi connectivity index (χ3n) is 2.61. The smallest absolute Gasteiger partial charge is 0.237 e. The monoisotopic (exact) mass is 309 g/mol. The predicted octanol–water partition coefficient (Wildman–Crippen LogP) is 4.60. The first-order valence-electron chi connectivity index (χ1n) is 6.04. The van der Waals surface area contributed by atoms with Gasteiger partial charge in [0.25, 0.3) is 0 Å². The maximum absolute atomic E-state index is 12.9. The third-order valence-corrected chi connectivity index (χ3v) is 4.04. The standard InChI is InChI=1S/C15H13ClFNOS/c1-10(20-12-5-3-2-4-6-12)15(19)18-14-8-7-11(17)9-13(14)16/h2-10H,1H3,(H,18,19). The van der Waals surface area contributed by atoms with Crippen LogP contribution in [-0.4, -0.2) is 11.2 Å². The molecular weight excluding hydrogens is 297 g/mol. The van der Waals surface area contributed by atoms with E-state index in [0.29, 0.717) is 5.69 Å². The Kier molecular flexibility index (Phi) is 5.04. The van der Waals surface area contributed by atoms with Gasteiger partial charge in [-0.25, -0.2) is 4.39 Å². The van der Waals surface area contributed by atoms with Gasteiger partial charge in [-0.3, -0.25) is 4.79 Å². The van der Waals surface area contributed by atoms with Gasteiger partial charge in [-0.2, -0.15) is 0 Å². The number of anilines is 1. The zero-order chi connectivity index (χ0) is 14.5. The largest absolute Gasteiger partial charge is 0.324 e. The zero-order valence-electron chi connectivity index (χ0n) is 10.8. The zero-order valence-corrected chi connectivity index (χ0v) is 12.3. The van der Waals surface area contributed by atoms with Crippen LogP contribution in [0, 0.1) is 5.82 Å². The molecule has 0 radical (unpaired) electrons. The summed E-state index contributed by atoms with van der Waals surface area (Å²) in [5, 5.41) is 2.61. The molecule has 2 rings (SSSR count). The van der Waals surface area contributed by atoms with Crippen LogP contribution in [0.5, 0.6) is 0 Å². The molecule has 0 bridgehead atoms. The van der Waals surface area contributed by atoms with Crippen molar-refractivity contribution in [2.75, 3.05) is 5.32 Å². The average Bonchev–Trinajstić information content (AvgIpc) is 2.43. The fraction of sp³-hybridized carbons (Fsp3) is 0.133. The number of hydrogen-bond donors (Lipinski definition) is 1. The van der Waals surface area contributed by atoms with Gasteiger partial charge in [-0.05, 0) is 37.3 Å². The van der Waals surface area contributed by atoms with E-state index in [1.807, 2.05) is 37.3 Å². The van der Waals surface area contributed by atoms with E-state index >= 15 is 0 Å². The van der Waals surface area contributed by atoms with Crippen molar-refractivity contribution < 1.29 is 9.18 Å². The molecule has 5 heteroatoms. The van der Waals surface area contributed by atoms with Crippen LogP contribution in [-0.2, 0) is 4.79 Å². The van der Waals surface area contributed by atoms with Crippen molar-refractivity contribution in [1.82, 2.24) is 0 Å². The van der Waals surface area contributed by atoms with Crippen molar-refractivity contribution in [2.45, 2.75) is 17.1 Å². The van der Waals surface area contributed by atoms with Crippen molar-refractivity contribution in [3.63, 3.8) is 0 Å². The van der Waals surface area contributed by atoms with Crippen LogP contribution < -0.4 is 5.32 Å². The lowest BCUT2D eigenvalue weighted by Crippen LogP contribution is -2.22. The minimum absolute atomic E-state index is 0.174. The molecule has 2 aromatic carbocycles. The van der Waals surface area contributed by atoms with Gasteiger partial charge in [0, 0.05) is 4.90 Å². The van der Waals surface area contributed by atoms with E-state index in [2.05, 4.69) is 5.32 Å². The lowest BCUT2D eigenvalue weighted by Gasteiger charge is -2.13. The first-order valence-corrected chi connectivity index (χ1v) is 7.29. The Morgan fingerprint density at radius 3 is 2.60 bits per heavy atom. The van der Waals surface area contributed by atoms with Crippen LogP contribution >= 0.6 is 23.4 Å². The van der Waals surface area contributed by atoms with Crippen LogP contribution in [0.1, 0.15) is 6.92 Å². The molecule has 1 unspecified atom stereocenters. The van der Waals surface area contributed by atoms with E-state index in [-0.39, 0.29) is 16.2 Å². The minimum atomic E-state index is -0.431. The van der Waals surface area contributed by atoms with Crippen molar-refractivity contribution in [3.8, 4) is 0 Å². The highest BCUT2D eigenvalue weighted by atomic mass is 35.5. The summed E-state index contributed by atoms with van der Waals surface area (Å²) in [6.45, 7) is 1.81. The van der Waals surface area contributed by atoms with Crippen LogP contribution in [0.4, 0.5) is 10.1 Å². The van der Waals surface area contributed by atoms with E-state index in [0.717, 1.165) is 4.90 Å². The summed E-state index contributed by atoms with van der Waals surface area (Å²) in [5.74, 6) is -0.605. The van der Waals surface area contributed by atoms with Crippen molar-refractivity contribution in [2.24, 2.45) is 0 Å². The van der Waals surface area contributed by atoms with Gasteiger partial charge in [0.1, 0.15) is 5.82 Å². The maximum Gasteiger partial charge on any atom is 0.237 e. The Morgan fingerprint density at radius 1 is 1.25 bits per heavy atom. The van der Waals surface area contributed by atoms with E-state index in [1.165, 1.54) is 30.0 Å². The molecule has 0 aliphatic heterocycles. The van der Waals surface area contributed by atoms with Crippen LogP contribution in [0.25, 0.3) is 0 Å². The van der Waals surface area contributed by atoms with E-state index in [1.54, 1.807) is 0 Å². The molecule has 0 aliphatic rings. The second kappa shape index (κ2) is 6.77. The van der Waals surface area contributed by atoms with Crippen molar-refractivity contribution >= 4 is 35.0 Å². The number of benzene rings is 2. The Morgan fingerprint density at radius 2 is 1.95 bits per heavy atom. The molecule has 0 aliphatic carbocycles. The third kappa shape index (κ3) is 3.99. The van der Waals surface area contributed by atoms with Gasteiger partial charge in [0.15, 0.2) is 0 Å². The molecule has 0 fully saturated rings. The van der Waals surface area contributed by atoms with Crippen LogP contribution in [0.3, 0.4) is 0 Å². The summed E-state index contributed by atoms with van der Waals surface area (Å²) < 4.78 is 12.9. The minimum Gasteiger partial charge on any atom is -0.324 e. The highest BCUT2D eigenvalue weighted by molar-refractivity contribution is 8.00. The first-order chi connectivity index (χ1) is 9.56. The summed E-state index contributed by atoms with van der Waals surface area (Å²) in [7, 11) is 0. The molecule has 2 nitrogen and oxygen atoms in total. The lowest BCUT2D eigenvalue weighted by molar-refractivity contribution is -0.115. The fourth-order valence-electron chi connectivity index (χ4n) is 1.58. The second-order valence-corrected chi connectivity index (χ2v) is 6.01. The van der Waals surface area contributed by atoms with Crippen LogP contribution in [0.15, 0.2) is 53.4 Å². The second-order valence-electron chi connectivity index (χ2n) is 4.19. The molecule has 1 amide bonds. The molecule has 0 spiro atoms. The lowest BCUT2D eigenvalue weighted by atomic mass is 10.3. The fourth-order valence-corrected chi connectivity index (χ4v) is 2.68. The SMILES string of the molecule is CC(Sc1ccccc1)C(=O)Nc1ccc(F)cc1Cl. The van der Waals surface area contributed by atoms with Crippen LogP contribution in [0.2, 0.25) is 5.02 Å². The summed E-state index contributed by atoms with van der Waals surface area (Å²) in [6, 6.07) is 13.5. The summed E-state index contributed by atoms with van der Waals surface area (Å²) in [4.78, 5) is 13.1. The summed E-state index contributed by atoms with van der Waals surface area (Å²) >= 11 is 7.33. The van der Waals surface area contributed by atoms with Crippen molar-refractivity contribution in [1.29, 1.82) is 0 Å².